The van der Waals surface area contributed by atoms with E-state index < -0.39 is 0 Å². The number of hydrogen-bond acceptors (Lipinski definition) is 3. The van der Waals surface area contributed by atoms with E-state index in [-0.39, 0.29) is 18.1 Å². The third-order valence-electron chi connectivity index (χ3n) is 3.91. The number of nitrogens with one attached hydrogen (secondary N) is 1. The number of nitrogens with zero attached hydrogens (tertiary/aromatic N) is 1. The molecule has 2 aliphatic heterocycles. The van der Waals surface area contributed by atoms with Gasteiger partial charge in [0.15, 0.2) is 0 Å². The Bertz CT molecular complexity index is 277. The molecule has 0 aliphatic carbocycles. The van der Waals surface area contributed by atoms with Crippen LogP contribution in [0.3, 0.4) is 0 Å². The topological polar surface area (TPSA) is 41.6 Å². The highest BCUT2D eigenvalue weighted by atomic mass is 16.5. The van der Waals surface area contributed by atoms with Crippen molar-refractivity contribution in [2.75, 3.05) is 32.8 Å². The maximum Gasteiger partial charge on any atom is 0.248 e. The van der Waals surface area contributed by atoms with Crippen molar-refractivity contribution in [2.45, 2.75) is 38.7 Å². The van der Waals surface area contributed by atoms with Crippen molar-refractivity contribution in [3.8, 4) is 0 Å². The normalized spacial score (nSPS) is 28.4. The number of carbonyl (C=O) groups is 1. The Kier molecular flexibility index (Phi) is 4.05. The van der Waals surface area contributed by atoms with Crippen LogP contribution in [0.25, 0.3) is 0 Å². The second-order valence-electron chi connectivity index (χ2n) is 5.76. The smallest absolute Gasteiger partial charge is 0.248 e. The Morgan fingerprint density at radius 3 is 2.82 bits per heavy atom. The van der Waals surface area contributed by atoms with Crippen molar-refractivity contribution >= 4 is 5.91 Å². The molecular weight excluding hydrogens is 216 g/mol. The Morgan fingerprint density at radius 1 is 1.41 bits per heavy atom. The van der Waals surface area contributed by atoms with Gasteiger partial charge in [0, 0.05) is 26.2 Å². The zero-order valence-electron chi connectivity index (χ0n) is 11.0. The molecule has 1 unspecified atom stereocenters. The quantitative estimate of drug-likeness (QED) is 0.800. The first kappa shape index (κ1) is 12.8. The number of amides is 1. The van der Waals surface area contributed by atoms with E-state index in [4.69, 9.17) is 4.74 Å². The molecule has 17 heavy (non-hydrogen) atoms. The molecule has 1 N–H and O–H groups in total. The molecule has 0 radical (unpaired) electrons. The molecule has 0 aromatic carbocycles. The van der Waals surface area contributed by atoms with Crippen molar-refractivity contribution in [2.24, 2.45) is 5.92 Å². The molecule has 4 nitrogen and oxygen atoms in total. The molecule has 0 aromatic heterocycles. The van der Waals surface area contributed by atoms with Crippen LogP contribution in [0.5, 0.6) is 0 Å². The van der Waals surface area contributed by atoms with Crippen LogP contribution < -0.4 is 5.32 Å². The Morgan fingerprint density at radius 2 is 2.18 bits per heavy atom. The van der Waals surface area contributed by atoms with Crippen LogP contribution in [-0.4, -0.2) is 49.2 Å². The molecule has 1 atom stereocenters. The van der Waals surface area contributed by atoms with Crippen molar-refractivity contribution in [3.05, 3.63) is 0 Å². The van der Waals surface area contributed by atoms with E-state index in [0.717, 1.165) is 44.9 Å². The summed E-state index contributed by atoms with van der Waals surface area (Å²) in [6.07, 6.45) is 3.50. The summed E-state index contributed by atoms with van der Waals surface area (Å²) >= 11 is 0. The van der Waals surface area contributed by atoms with Crippen molar-refractivity contribution < 1.29 is 9.53 Å². The number of hydrogen-bond donors (Lipinski definition) is 1. The summed E-state index contributed by atoms with van der Waals surface area (Å²) in [4.78, 5) is 14.0. The van der Waals surface area contributed by atoms with Gasteiger partial charge in [0.25, 0.3) is 0 Å². The number of carbonyl (C=O) groups excluding carboxylic acids is 1. The maximum absolute atomic E-state index is 12.0. The summed E-state index contributed by atoms with van der Waals surface area (Å²) in [5.74, 6) is 0.911. The first-order valence-electron chi connectivity index (χ1n) is 6.71. The van der Waals surface area contributed by atoms with Gasteiger partial charge in [0.2, 0.25) is 5.91 Å². The Hall–Kier alpha value is -0.610. The second kappa shape index (κ2) is 5.36. The van der Waals surface area contributed by atoms with E-state index in [2.05, 4.69) is 19.2 Å². The van der Waals surface area contributed by atoms with E-state index in [1.165, 1.54) is 6.42 Å². The fourth-order valence-electron chi connectivity index (χ4n) is 2.42. The maximum atomic E-state index is 12.0. The molecule has 2 aliphatic rings. The van der Waals surface area contributed by atoms with Crippen LogP contribution in [0.2, 0.25) is 0 Å². The first-order valence-corrected chi connectivity index (χ1v) is 6.71. The molecule has 2 heterocycles. The summed E-state index contributed by atoms with van der Waals surface area (Å²) in [6.45, 7) is 8.09. The number of rotatable bonds is 3. The van der Waals surface area contributed by atoms with Gasteiger partial charge in [-0.2, -0.15) is 0 Å². The number of ether oxygens (including phenoxy) is 1. The first-order chi connectivity index (χ1) is 8.09. The molecular formula is C13H24N2O2. The summed E-state index contributed by atoms with van der Waals surface area (Å²) in [6, 6.07) is 0. The molecule has 98 valence electrons. The van der Waals surface area contributed by atoms with Crippen molar-refractivity contribution in [1.29, 1.82) is 0 Å². The van der Waals surface area contributed by atoms with E-state index in [9.17, 15) is 4.79 Å². The molecule has 0 aromatic rings. The van der Waals surface area contributed by atoms with Gasteiger partial charge in [-0.3, -0.25) is 4.79 Å². The van der Waals surface area contributed by atoms with Gasteiger partial charge in [-0.15, -0.1) is 0 Å². The Balaban J connectivity index is 1.74. The molecule has 2 fully saturated rings. The van der Waals surface area contributed by atoms with Crippen LogP contribution in [0.4, 0.5) is 0 Å². The lowest BCUT2D eigenvalue weighted by Gasteiger charge is -2.39. The summed E-state index contributed by atoms with van der Waals surface area (Å²) < 4.78 is 5.69. The van der Waals surface area contributed by atoms with Gasteiger partial charge in [0.1, 0.15) is 6.61 Å². The molecule has 0 spiro atoms. The van der Waals surface area contributed by atoms with Crippen LogP contribution in [0, 0.1) is 5.92 Å². The highest BCUT2D eigenvalue weighted by Crippen LogP contribution is 2.18. The average molecular weight is 240 g/mol. The van der Waals surface area contributed by atoms with Gasteiger partial charge >= 0.3 is 0 Å². The van der Waals surface area contributed by atoms with Gasteiger partial charge in [-0.05, 0) is 32.1 Å². The predicted octanol–water partition coefficient (Wildman–Crippen LogP) is 1.01. The third-order valence-corrected chi connectivity index (χ3v) is 3.91. The van der Waals surface area contributed by atoms with Crippen LogP contribution in [-0.2, 0) is 9.53 Å². The minimum atomic E-state index is -0.116. The van der Waals surface area contributed by atoms with Crippen molar-refractivity contribution in [1.82, 2.24) is 10.2 Å². The molecule has 0 bridgehead atoms. The van der Waals surface area contributed by atoms with Gasteiger partial charge in [-0.25, -0.2) is 0 Å². The van der Waals surface area contributed by atoms with Crippen LogP contribution in [0.1, 0.15) is 33.1 Å². The van der Waals surface area contributed by atoms with Crippen LogP contribution >= 0.6 is 0 Å². The van der Waals surface area contributed by atoms with E-state index >= 15 is 0 Å². The molecule has 4 heteroatoms. The molecule has 2 rings (SSSR count). The SMILES string of the molecule is CC1CCCN(C(=O)COC2(C)CNC2)CC1. The average Bonchev–Trinajstić information content (AvgIpc) is 2.48. The zero-order valence-corrected chi connectivity index (χ0v) is 11.0. The van der Waals surface area contributed by atoms with Crippen LogP contribution in [0.15, 0.2) is 0 Å². The lowest BCUT2D eigenvalue weighted by molar-refractivity contribution is -0.145. The largest absolute Gasteiger partial charge is 0.363 e. The highest BCUT2D eigenvalue weighted by molar-refractivity contribution is 5.77. The standard InChI is InChI=1S/C13H24N2O2/c1-11-4-3-6-15(7-5-11)12(16)8-17-13(2)9-14-10-13/h11,14H,3-10H2,1-2H3. The predicted molar refractivity (Wildman–Crippen MR) is 66.8 cm³/mol. The van der Waals surface area contributed by atoms with E-state index in [0.29, 0.717) is 0 Å². The summed E-state index contributed by atoms with van der Waals surface area (Å²) in [5, 5.41) is 3.17. The molecule has 2 saturated heterocycles. The lowest BCUT2D eigenvalue weighted by atomic mass is 10.0. The van der Waals surface area contributed by atoms with Gasteiger partial charge in [0.05, 0.1) is 5.60 Å². The fourth-order valence-corrected chi connectivity index (χ4v) is 2.42. The lowest BCUT2D eigenvalue weighted by Crippen LogP contribution is -2.59. The Labute approximate surface area is 104 Å². The minimum Gasteiger partial charge on any atom is -0.363 e. The summed E-state index contributed by atoms with van der Waals surface area (Å²) in [5.41, 5.74) is -0.116. The minimum absolute atomic E-state index is 0.116. The second-order valence-corrected chi connectivity index (χ2v) is 5.76. The van der Waals surface area contributed by atoms with E-state index in [1.54, 1.807) is 0 Å². The molecule has 0 saturated carbocycles. The summed E-state index contributed by atoms with van der Waals surface area (Å²) in [7, 11) is 0. The highest BCUT2D eigenvalue weighted by Gasteiger charge is 2.33. The van der Waals surface area contributed by atoms with E-state index in [1.807, 2.05) is 4.90 Å². The van der Waals surface area contributed by atoms with Gasteiger partial charge in [-0.1, -0.05) is 6.92 Å². The molecule has 1 amide bonds. The third kappa shape index (κ3) is 3.42. The monoisotopic (exact) mass is 240 g/mol. The fraction of sp³-hybridized carbons (Fsp3) is 0.923. The number of likely N-dealkylation sites (tertiary alicyclic amines) is 1. The zero-order chi connectivity index (χ0) is 12.3. The van der Waals surface area contributed by atoms with Crippen molar-refractivity contribution in [3.63, 3.8) is 0 Å². The van der Waals surface area contributed by atoms with Gasteiger partial charge < -0.3 is 15.0 Å².